The molecule has 0 amide bonds. The average molecular weight is 670 g/mol. The summed E-state index contributed by atoms with van der Waals surface area (Å²) in [4.78, 5) is 22.5. The van der Waals surface area contributed by atoms with Gasteiger partial charge in [0.25, 0.3) is 0 Å². The topological polar surface area (TPSA) is 162 Å². The molecule has 1 N–H and O–H groups in total. The number of carbonyl (C=O) groups excluding carboxylic acids is 2. The highest BCUT2D eigenvalue weighted by molar-refractivity contribution is 8.02. The number of nitriles is 2. The van der Waals surface area contributed by atoms with Crippen molar-refractivity contribution in [2.75, 3.05) is 25.8 Å². The maximum Gasteiger partial charge on any atom is 0.416 e. The average Bonchev–Trinajstić information content (AvgIpc) is 2.89. The molecule has 0 bridgehead atoms. The van der Waals surface area contributed by atoms with Gasteiger partial charge in [0.2, 0.25) is 5.78 Å². The molecule has 0 aromatic heterocycles. The number of ketones is 2. The lowest BCUT2D eigenvalue weighted by Gasteiger charge is -2.13. The summed E-state index contributed by atoms with van der Waals surface area (Å²) >= 11 is 1.04. The van der Waals surface area contributed by atoms with E-state index >= 15 is 0 Å². The minimum atomic E-state index is -4.76. The number of Topliss-reactive ketones (excluding diaryl/α,β-unsaturated/α-hetero) is 2. The van der Waals surface area contributed by atoms with Gasteiger partial charge in [-0.25, -0.2) is 16.8 Å². The first-order valence-corrected chi connectivity index (χ1v) is 16.2. The van der Waals surface area contributed by atoms with E-state index in [4.69, 9.17) is 10.5 Å². The Balaban J connectivity index is 0.000000442. The molecular weight excluding hydrogens is 648 g/mol. The minimum absolute atomic E-state index is 0.182. The van der Waals surface area contributed by atoms with Gasteiger partial charge in [-0.1, -0.05) is 0 Å². The highest BCUT2D eigenvalue weighted by atomic mass is 32.2. The normalized spacial score (nSPS) is 12.6. The van der Waals surface area contributed by atoms with Crippen LogP contribution < -0.4 is 5.32 Å². The first-order chi connectivity index (χ1) is 19.5. The number of hydrogen-bond acceptors (Lipinski definition) is 10. The maximum absolute atomic E-state index is 12.8. The summed E-state index contributed by atoms with van der Waals surface area (Å²) in [6.45, 7) is 0. The van der Waals surface area contributed by atoms with Gasteiger partial charge < -0.3 is 5.32 Å². The predicted octanol–water partition coefficient (Wildman–Crippen LogP) is 4.81. The monoisotopic (exact) mass is 669 g/mol. The van der Waals surface area contributed by atoms with E-state index in [1.807, 2.05) is 0 Å². The van der Waals surface area contributed by atoms with Crippen LogP contribution >= 0.6 is 11.8 Å². The zero-order valence-corrected chi connectivity index (χ0v) is 25.0. The molecule has 0 spiro atoms. The van der Waals surface area contributed by atoms with Crippen molar-refractivity contribution in [3.8, 4) is 12.1 Å². The zero-order valence-electron chi connectivity index (χ0n) is 22.5. The van der Waals surface area contributed by atoms with Crippen molar-refractivity contribution < 1.29 is 52.8 Å². The second kappa shape index (κ2) is 14.1. The SMILES string of the molecule is CNC(SC)=C(C#N)C(=O)c1ccc(C(F)(F)F)cc1S(C)(=O)=O.CS(=O)(=O)c1cc(C(F)(F)F)ccc1C(=O)CC#N. The molecule has 0 aliphatic heterocycles. The second-order valence-corrected chi connectivity index (χ2v) is 13.1. The largest absolute Gasteiger partial charge is 0.416 e. The van der Waals surface area contributed by atoms with E-state index in [2.05, 4.69) is 5.32 Å². The molecule has 0 atom stereocenters. The van der Waals surface area contributed by atoms with Crippen molar-refractivity contribution in [1.29, 1.82) is 10.5 Å². The van der Waals surface area contributed by atoms with Crippen LogP contribution in [0.4, 0.5) is 26.3 Å². The molecule has 0 fully saturated rings. The minimum Gasteiger partial charge on any atom is -0.382 e. The van der Waals surface area contributed by atoms with Gasteiger partial charge in [0.15, 0.2) is 25.5 Å². The van der Waals surface area contributed by atoms with E-state index in [9.17, 15) is 52.8 Å². The number of alkyl halides is 6. The Morgan fingerprint density at radius 2 is 1.26 bits per heavy atom. The van der Waals surface area contributed by atoms with E-state index in [1.165, 1.54) is 13.1 Å². The molecule has 0 radical (unpaired) electrons. The second-order valence-electron chi connectivity index (χ2n) is 8.32. The van der Waals surface area contributed by atoms with Gasteiger partial charge in [-0.05, 0) is 42.7 Å². The Hall–Kier alpha value is -3.87. The van der Waals surface area contributed by atoms with E-state index in [1.54, 1.807) is 12.3 Å². The lowest BCUT2D eigenvalue weighted by molar-refractivity contribution is -0.138. The number of thioether (sulfide) groups is 1. The molecule has 0 saturated carbocycles. The van der Waals surface area contributed by atoms with Crippen LogP contribution in [-0.4, -0.2) is 54.2 Å². The quantitative estimate of drug-likeness (QED) is 0.179. The lowest BCUT2D eigenvalue weighted by atomic mass is 10.0. The first-order valence-electron chi connectivity index (χ1n) is 11.2. The molecule has 0 aliphatic rings. The number of rotatable bonds is 8. The van der Waals surface area contributed by atoms with E-state index in [-0.39, 0.29) is 10.6 Å². The number of allylic oxidation sites excluding steroid dienone is 1. The van der Waals surface area contributed by atoms with Crippen LogP contribution in [0.3, 0.4) is 0 Å². The Morgan fingerprint density at radius 1 is 0.837 bits per heavy atom. The molecule has 18 heteroatoms. The van der Waals surface area contributed by atoms with Gasteiger partial charge in [0.05, 0.1) is 38.4 Å². The van der Waals surface area contributed by atoms with Gasteiger partial charge >= 0.3 is 12.4 Å². The van der Waals surface area contributed by atoms with Gasteiger partial charge in [0.1, 0.15) is 11.6 Å². The van der Waals surface area contributed by atoms with Crippen LogP contribution in [0.2, 0.25) is 0 Å². The van der Waals surface area contributed by atoms with Crippen molar-refractivity contribution in [3.05, 3.63) is 69.3 Å². The van der Waals surface area contributed by atoms with Crippen LogP contribution in [0.1, 0.15) is 38.3 Å². The summed E-state index contributed by atoms with van der Waals surface area (Å²) in [5, 5.41) is 20.3. The van der Waals surface area contributed by atoms with Gasteiger partial charge in [0, 0.05) is 30.7 Å². The number of hydrogen-bond donors (Lipinski definition) is 1. The molecule has 232 valence electrons. The van der Waals surface area contributed by atoms with Crippen LogP contribution in [0.25, 0.3) is 0 Å². The fourth-order valence-corrected chi connectivity index (χ4v) is 5.63. The third kappa shape index (κ3) is 9.84. The van der Waals surface area contributed by atoms with Gasteiger partial charge in [-0.15, -0.1) is 11.8 Å². The number of nitrogens with one attached hydrogen (secondary N) is 1. The smallest absolute Gasteiger partial charge is 0.382 e. The fourth-order valence-electron chi connectivity index (χ4n) is 3.26. The van der Waals surface area contributed by atoms with Crippen LogP contribution in [-0.2, 0) is 32.0 Å². The molecule has 2 rings (SSSR count). The standard InChI is InChI=1S/C14H13F3N2O3S2.C11H8F3NO3S/c1-19-13(23-2)10(7-18)12(20)9-5-4-8(14(15,16)17)6-11(9)24(3,21)22;1-19(17,18)10-6-7(11(12,13)14)2-3-8(10)9(16)4-5-15/h4-6,19H,1-3H3;2-3,6H,4H2,1H3. The number of sulfone groups is 2. The number of carbonyl (C=O) groups is 2. The number of nitrogens with zero attached hydrogens (tertiary/aromatic N) is 2. The van der Waals surface area contributed by atoms with E-state index in [0.717, 1.165) is 23.9 Å². The van der Waals surface area contributed by atoms with E-state index in [0.29, 0.717) is 36.8 Å². The van der Waals surface area contributed by atoms with Crippen molar-refractivity contribution in [2.45, 2.75) is 28.6 Å². The lowest BCUT2D eigenvalue weighted by Crippen LogP contribution is -2.16. The van der Waals surface area contributed by atoms with Crippen molar-refractivity contribution >= 4 is 43.0 Å². The van der Waals surface area contributed by atoms with Gasteiger partial charge in [-0.3, -0.25) is 9.59 Å². The highest BCUT2D eigenvalue weighted by Gasteiger charge is 2.34. The highest BCUT2D eigenvalue weighted by Crippen LogP contribution is 2.34. The fraction of sp³-hybridized carbons (Fsp3) is 0.280. The Bertz CT molecular complexity index is 1750. The van der Waals surface area contributed by atoms with E-state index < -0.39 is 82.1 Å². The third-order valence-corrected chi connectivity index (χ3v) is 8.29. The molecule has 9 nitrogen and oxygen atoms in total. The molecule has 0 aliphatic carbocycles. The zero-order chi connectivity index (χ0) is 33.6. The molecule has 2 aromatic carbocycles. The maximum atomic E-state index is 12.8. The summed E-state index contributed by atoms with van der Waals surface area (Å²) in [6, 6.07) is 6.74. The van der Waals surface area contributed by atoms with Crippen LogP contribution in [0.15, 0.2) is 56.8 Å². The van der Waals surface area contributed by atoms with Crippen molar-refractivity contribution in [3.63, 3.8) is 0 Å². The van der Waals surface area contributed by atoms with Gasteiger partial charge in [-0.2, -0.15) is 36.9 Å². The summed E-state index contributed by atoms with van der Waals surface area (Å²) < 4.78 is 122. The van der Waals surface area contributed by atoms with Crippen LogP contribution in [0.5, 0.6) is 0 Å². The van der Waals surface area contributed by atoms with Crippen molar-refractivity contribution in [2.24, 2.45) is 0 Å². The summed E-state index contributed by atoms with van der Waals surface area (Å²) in [7, 11) is -6.67. The molecule has 0 saturated heterocycles. The molecule has 0 heterocycles. The number of halogens is 6. The first kappa shape index (κ1) is 37.2. The van der Waals surface area contributed by atoms with Crippen LogP contribution in [0, 0.1) is 22.7 Å². The number of benzene rings is 2. The summed E-state index contributed by atoms with van der Waals surface area (Å²) in [6.07, 6.45) is -7.09. The Morgan fingerprint density at radius 3 is 1.58 bits per heavy atom. The van der Waals surface area contributed by atoms with Crippen molar-refractivity contribution in [1.82, 2.24) is 5.32 Å². The molecule has 43 heavy (non-hydrogen) atoms. The summed E-state index contributed by atoms with van der Waals surface area (Å²) in [5.74, 6) is -1.80. The molecule has 2 aromatic rings. The summed E-state index contributed by atoms with van der Waals surface area (Å²) in [5.41, 5.74) is -3.63. The predicted molar refractivity (Wildman–Crippen MR) is 143 cm³/mol. The Labute approximate surface area is 247 Å². The molecule has 0 unspecified atom stereocenters. The Kier molecular flexibility index (Phi) is 12.2. The molecular formula is C25H21F6N3O6S3. The third-order valence-electron chi connectivity index (χ3n) is 5.20.